The van der Waals surface area contributed by atoms with Crippen molar-refractivity contribution in [2.45, 2.75) is 19.8 Å². The maximum Gasteiger partial charge on any atom is 0.303 e. The summed E-state index contributed by atoms with van der Waals surface area (Å²) >= 11 is 3.44. The van der Waals surface area contributed by atoms with E-state index in [-0.39, 0.29) is 6.42 Å². The molecule has 1 N–H and O–H groups in total. The summed E-state index contributed by atoms with van der Waals surface area (Å²) in [6, 6.07) is 1.85. The molecule has 0 amide bonds. The molecule has 4 nitrogen and oxygen atoms in total. The average molecular weight is 303 g/mol. The van der Waals surface area contributed by atoms with E-state index in [0.29, 0.717) is 17.9 Å². The van der Waals surface area contributed by atoms with Crippen LogP contribution in [0.15, 0.2) is 10.5 Å². The van der Waals surface area contributed by atoms with Gasteiger partial charge in [0.2, 0.25) is 0 Å². The number of aliphatic carboxylic acids is 1. The van der Waals surface area contributed by atoms with E-state index >= 15 is 0 Å². The Morgan fingerprint density at radius 3 is 2.53 bits per heavy atom. The van der Waals surface area contributed by atoms with Gasteiger partial charge in [-0.2, -0.15) is 0 Å². The Hall–Kier alpha value is -1.23. The van der Waals surface area contributed by atoms with Gasteiger partial charge in [-0.05, 0) is 46.5 Å². The lowest BCUT2D eigenvalue weighted by Gasteiger charge is -2.15. The summed E-state index contributed by atoms with van der Waals surface area (Å²) in [5.74, 6) is 0.417. The summed E-state index contributed by atoms with van der Waals surface area (Å²) in [5.41, 5.74) is 1.92. The third kappa shape index (κ3) is 3.12. The van der Waals surface area contributed by atoms with E-state index < -0.39 is 5.97 Å². The van der Waals surface area contributed by atoms with Crippen LogP contribution < -0.4 is 9.47 Å². The maximum atomic E-state index is 10.6. The average Bonchev–Trinajstić information content (AvgIpc) is 2.27. The Kier molecular flexibility index (Phi) is 4.81. The second-order valence-corrected chi connectivity index (χ2v) is 4.41. The molecule has 1 aromatic carbocycles. The number of carbonyl (C=O) groups is 1. The molecule has 0 fully saturated rings. The molecule has 0 heterocycles. The fourth-order valence-electron chi connectivity index (χ4n) is 1.65. The highest BCUT2D eigenvalue weighted by atomic mass is 79.9. The number of carboxylic acid groups (broad SMARTS) is 1. The molecular weight excluding hydrogens is 288 g/mol. The summed E-state index contributed by atoms with van der Waals surface area (Å²) in [6.45, 7) is 1.92. The lowest BCUT2D eigenvalue weighted by molar-refractivity contribution is -0.136. The highest BCUT2D eigenvalue weighted by molar-refractivity contribution is 9.10. The lowest BCUT2D eigenvalue weighted by atomic mass is 10.0. The molecule has 5 heteroatoms. The van der Waals surface area contributed by atoms with Crippen molar-refractivity contribution in [2.24, 2.45) is 0 Å². The molecule has 0 saturated heterocycles. The van der Waals surface area contributed by atoms with Crippen LogP contribution >= 0.6 is 15.9 Å². The second-order valence-electron chi connectivity index (χ2n) is 3.62. The van der Waals surface area contributed by atoms with Gasteiger partial charge in [0.25, 0.3) is 0 Å². The first kappa shape index (κ1) is 13.8. The van der Waals surface area contributed by atoms with Gasteiger partial charge < -0.3 is 14.6 Å². The van der Waals surface area contributed by atoms with Crippen molar-refractivity contribution in [1.82, 2.24) is 0 Å². The largest absolute Gasteiger partial charge is 0.493 e. The zero-order chi connectivity index (χ0) is 13.0. The summed E-state index contributed by atoms with van der Waals surface area (Å²) in [6.07, 6.45) is 0.553. The van der Waals surface area contributed by atoms with Crippen molar-refractivity contribution < 1.29 is 19.4 Å². The zero-order valence-corrected chi connectivity index (χ0v) is 11.6. The molecule has 1 aromatic rings. The number of aryl methyl sites for hydroxylation is 1. The summed E-state index contributed by atoms with van der Waals surface area (Å²) in [5, 5.41) is 8.71. The van der Waals surface area contributed by atoms with Gasteiger partial charge in [-0.15, -0.1) is 0 Å². The molecule has 0 bridgehead atoms. The highest BCUT2D eigenvalue weighted by Crippen LogP contribution is 2.40. The third-order valence-corrected chi connectivity index (χ3v) is 3.36. The van der Waals surface area contributed by atoms with Crippen LogP contribution in [0.4, 0.5) is 0 Å². The Morgan fingerprint density at radius 1 is 1.41 bits per heavy atom. The summed E-state index contributed by atoms with van der Waals surface area (Å²) < 4.78 is 11.2. The summed E-state index contributed by atoms with van der Waals surface area (Å²) in [7, 11) is 3.12. The molecule has 1 rings (SSSR count). The molecule has 17 heavy (non-hydrogen) atoms. The van der Waals surface area contributed by atoms with Gasteiger partial charge in [0, 0.05) is 6.42 Å². The number of benzene rings is 1. The first-order valence-electron chi connectivity index (χ1n) is 5.13. The number of hydrogen-bond donors (Lipinski definition) is 1. The van der Waals surface area contributed by atoms with Crippen LogP contribution in [0, 0.1) is 6.92 Å². The molecule has 0 atom stereocenters. The van der Waals surface area contributed by atoms with E-state index in [2.05, 4.69) is 15.9 Å². The summed E-state index contributed by atoms with van der Waals surface area (Å²) in [4.78, 5) is 10.6. The Labute approximate surface area is 109 Å². The number of rotatable bonds is 5. The third-order valence-electron chi connectivity index (χ3n) is 2.52. The number of halogens is 1. The van der Waals surface area contributed by atoms with Crippen molar-refractivity contribution in [3.05, 3.63) is 21.7 Å². The number of methoxy groups -OCH3 is 2. The van der Waals surface area contributed by atoms with E-state index in [0.717, 1.165) is 15.6 Å². The molecule has 0 aliphatic rings. The van der Waals surface area contributed by atoms with Gasteiger partial charge in [-0.25, -0.2) is 0 Å². The predicted molar refractivity (Wildman–Crippen MR) is 67.9 cm³/mol. The van der Waals surface area contributed by atoms with Crippen LogP contribution in [-0.2, 0) is 11.2 Å². The van der Waals surface area contributed by atoms with Gasteiger partial charge in [-0.1, -0.05) is 0 Å². The van der Waals surface area contributed by atoms with E-state index in [1.54, 1.807) is 14.2 Å². The molecule has 0 unspecified atom stereocenters. The minimum atomic E-state index is -0.814. The smallest absolute Gasteiger partial charge is 0.303 e. The SMILES string of the molecule is COc1cc(C)c(CCC(=O)O)c(Br)c1OC. The van der Waals surface area contributed by atoms with Crippen molar-refractivity contribution in [1.29, 1.82) is 0 Å². The van der Waals surface area contributed by atoms with E-state index in [9.17, 15) is 4.79 Å². The fourth-order valence-corrected chi connectivity index (χ4v) is 2.52. The molecule has 0 aliphatic carbocycles. The molecule has 0 saturated carbocycles. The standard InChI is InChI=1S/C12H15BrO4/c1-7-6-9(16-2)12(17-3)11(13)8(7)4-5-10(14)15/h6H,4-5H2,1-3H3,(H,14,15). The predicted octanol–water partition coefficient (Wildman–Crippen LogP) is 2.79. The Balaban J connectivity index is 3.17. The molecular formula is C12H15BrO4. The molecule has 0 radical (unpaired) electrons. The first-order chi connectivity index (χ1) is 8.01. The van der Waals surface area contributed by atoms with Gasteiger partial charge >= 0.3 is 5.97 Å². The van der Waals surface area contributed by atoms with Crippen molar-refractivity contribution in [3.8, 4) is 11.5 Å². The van der Waals surface area contributed by atoms with Crippen LogP contribution in [0.25, 0.3) is 0 Å². The normalized spacial score (nSPS) is 10.1. The van der Waals surface area contributed by atoms with Gasteiger partial charge in [0.1, 0.15) is 0 Å². The van der Waals surface area contributed by atoms with Gasteiger partial charge in [0.15, 0.2) is 11.5 Å². The van der Waals surface area contributed by atoms with Gasteiger partial charge in [-0.3, -0.25) is 4.79 Å². The van der Waals surface area contributed by atoms with Crippen LogP contribution in [0.2, 0.25) is 0 Å². The van der Waals surface area contributed by atoms with E-state index in [1.165, 1.54) is 0 Å². The van der Waals surface area contributed by atoms with Crippen molar-refractivity contribution in [2.75, 3.05) is 14.2 Å². The van der Waals surface area contributed by atoms with Crippen molar-refractivity contribution in [3.63, 3.8) is 0 Å². The van der Waals surface area contributed by atoms with Crippen LogP contribution in [0.3, 0.4) is 0 Å². The first-order valence-corrected chi connectivity index (χ1v) is 5.92. The minimum Gasteiger partial charge on any atom is -0.493 e. The fraction of sp³-hybridized carbons (Fsp3) is 0.417. The minimum absolute atomic E-state index is 0.0922. The molecule has 0 aromatic heterocycles. The Bertz CT molecular complexity index is 429. The van der Waals surface area contributed by atoms with E-state index in [1.807, 2.05) is 13.0 Å². The van der Waals surface area contributed by atoms with Gasteiger partial charge in [0.05, 0.1) is 18.7 Å². The van der Waals surface area contributed by atoms with E-state index in [4.69, 9.17) is 14.6 Å². The second kappa shape index (κ2) is 5.91. The monoisotopic (exact) mass is 302 g/mol. The number of ether oxygens (including phenoxy) is 2. The molecule has 0 spiro atoms. The topological polar surface area (TPSA) is 55.8 Å². The number of carboxylic acids is 1. The Morgan fingerprint density at radius 2 is 2.06 bits per heavy atom. The quantitative estimate of drug-likeness (QED) is 0.909. The molecule has 94 valence electrons. The zero-order valence-electron chi connectivity index (χ0n) is 10.0. The molecule has 0 aliphatic heterocycles. The van der Waals surface area contributed by atoms with Crippen LogP contribution in [0.5, 0.6) is 11.5 Å². The van der Waals surface area contributed by atoms with Crippen molar-refractivity contribution >= 4 is 21.9 Å². The van der Waals surface area contributed by atoms with Crippen LogP contribution in [-0.4, -0.2) is 25.3 Å². The van der Waals surface area contributed by atoms with Crippen LogP contribution in [0.1, 0.15) is 17.5 Å². The number of hydrogen-bond acceptors (Lipinski definition) is 3. The highest BCUT2D eigenvalue weighted by Gasteiger charge is 2.16. The maximum absolute atomic E-state index is 10.6. The lowest BCUT2D eigenvalue weighted by Crippen LogP contribution is -2.02.